The van der Waals surface area contributed by atoms with Crippen LogP contribution in [0.5, 0.6) is 0 Å². The lowest BCUT2D eigenvalue weighted by Gasteiger charge is -2.65. The first-order valence-electron chi connectivity index (χ1n) is 17.5. The van der Waals surface area contributed by atoms with E-state index >= 15 is 0 Å². The van der Waals surface area contributed by atoms with E-state index in [2.05, 4.69) is 38.2 Å². The number of methoxy groups -OCH3 is 1. The summed E-state index contributed by atoms with van der Waals surface area (Å²) >= 11 is 0.943. The Hall–Kier alpha value is -3.46. The average molecular weight is 687 g/mol. The number of carbonyl (C=O) groups excluding carboxylic acids is 3. The number of aliphatic hydroxyl groups is 1. The molecule has 7 rings (SSSR count). The van der Waals surface area contributed by atoms with Gasteiger partial charge in [-0.05, 0) is 104 Å². The molecule has 0 spiro atoms. The zero-order chi connectivity index (χ0) is 34.8. The van der Waals surface area contributed by atoms with Crippen LogP contribution in [0, 0.1) is 45.3 Å². The third kappa shape index (κ3) is 5.28. The monoisotopic (exact) mass is 686 g/mol. The van der Waals surface area contributed by atoms with Crippen molar-refractivity contribution in [3.05, 3.63) is 52.9 Å². The lowest BCUT2D eigenvalue weighted by atomic mass is 9.40. The number of carbonyl (C=O) groups is 3. The summed E-state index contributed by atoms with van der Waals surface area (Å²) in [7, 11) is 1.60. The molecule has 1 aromatic heterocycles. The summed E-state index contributed by atoms with van der Waals surface area (Å²) in [6.45, 7) is 7.49. The number of nitrogens with one attached hydrogen (secondary N) is 1. The first-order valence-corrected chi connectivity index (χ1v) is 18.5. The van der Waals surface area contributed by atoms with Crippen LogP contribution >= 0.6 is 11.8 Å². The fourth-order valence-corrected chi connectivity index (χ4v) is 11.4. The maximum Gasteiger partial charge on any atom is 0.309 e. The second-order valence-corrected chi connectivity index (χ2v) is 16.5. The number of benzene rings is 1. The number of rotatable bonds is 9. The zero-order valence-corrected chi connectivity index (χ0v) is 29.6. The van der Waals surface area contributed by atoms with Crippen LogP contribution in [0.2, 0.25) is 0 Å². The molecule has 1 heterocycles. The third-order valence-corrected chi connectivity index (χ3v) is 13.7. The largest absolute Gasteiger partial charge is 0.449 e. The smallest absolute Gasteiger partial charge is 0.309 e. The molecule has 49 heavy (non-hydrogen) atoms. The number of amides is 1. The number of aliphatic hydroxyl groups excluding tert-OH is 1. The average Bonchev–Trinajstić information content (AvgIpc) is 3.78. The van der Waals surface area contributed by atoms with Crippen LogP contribution in [-0.4, -0.2) is 69.6 Å². The standard InChI is InChI=1S/C38H46N4O6S/c1-35-12-10-26-19-28-25(22-41-42(28)27-7-5-6-24(18-27)32(44)40-15-16-47-4)20-36(26,2)31(35)29(43)21-37(3)30(35)11-13-38(37,34(46)49-17-14-39)48-33(45)23-8-9-23/h5-7,18-19,22-23,29-31,43H,8-13,15-17,20-21H2,1-4H3,(H,40,44)/t29-,30-,31-,35-,36-,37-,38-/m0/s1. The Morgan fingerprint density at radius 2 is 1.98 bits per heavy atom. The van der Waals surface area contributed by atoms with E-state index in [4.69, 9.17) is 14.6 Å². The topological polar surface area (TPSA) is 144 Å². The summed E-state index contributed by atoms with van der Waals surface area (Å²) < 4.78 is 13.3. The van der Waals surface area contributed by atoms with Gasteiger partial charge in [-0.25, -0.2) is 4.68 Å². The Morgan fingerprint density at radius 3 is 2.71 bits per heavy atom. The summed E-state index contributed by atoms with van der Waals surface area (Å²) in [5.74, 6) is -0.676. The summed E-state index contributed by atoms with van der Waals surface area (Å²) in [4.78, 5) is 40.0. The Labute approximate surface area is 292 Å². The van der Waals surface area contributed by atoms with E-state index in [1.807, 2.05) is 29.1 Å². The van der Waals surface area contributed by atoms with Gasteiger partial charge in [0.15, 0.2) is 5.60 Å². The SMILES string of the molecule is COCCNC(=O)c1cccc(-n2ncc3c2C=C2CC[C@]4(C)[C@H]([C@@H](O)C[C@@]5(C)[C@H]4CC[C@]5(OC(=O)C4CC4)C(=O)SCC#N)[C@@]2(C)C3)c1. The van der Waals surface area contributed by atoms with E-state index in [1.165, 1.54) is 5.57 Å². The second-order valence-electron chi connectivity index (χ2n) is 15.6. The molecule has 5 aliphatic carbocycles. The number of esters is 1. The van der Waals surface area contributed by atoms with Gasteiger partial charge in [0.05, 0.1) is 48.0 Å². The molecule has 0 saturated heterocycles. The maximum atomic E-state index is 14.0. The Morgan fingerprint density at radius 1 is 1.18 bits per heavy atom. The van der Waals surface area contributed by atoms with Crippen molar-refractivity contribution in [1.29, 1.82) is 5.26 Å². The fraction of sp³-hybridized carbons (Fsp3) is 0.605. The van der Waals surface area contributed by atoms with Crippen LogP contribution in [0.1, 0.15) is 87.3 Å². The molecular weight excluding hydrogens is 641 g/mol. The minimum Gasteiger partial charge on any atom is -0.449 e. The van der Waals surface area contributed by atoms with Crippen molar-refractivity contribution >= 4 is 34.8 Å². The van der Waals surface area contributed by atoms with E-state index in [0.29, 0.717) is 38.0 Å². The van der Waals surface area contributed by atoms with Gasteiger partial charge >= 0.3 is 5.97 Å². The molecule has 7 atom stereocenters. The van der Waals surface area contributed by atoms with Gasteiger partial charge in [-0.15, -0.1) is 0 Å². The molecule has 1 aromatic carbocycles. The molecule has 0 aliphatic heterocycles. The molecule has 0 radical (unpaired) electrons. The van der Waals surface area contributed by atoms with Crippen LogP contribution in [-0.2, 0) is 25.5 Å². The minimum absolute atomic E-state index is 0.00112. The van der Waals surface area contributed by atoms with Gasteiger partial charge in [0.2, 0.25) is 5.12 Å². The minimum atomic E-state index is -1.36. The molecule has 4 saturated carbocycles. The number of fused-ring (bicyclic) bond motifs is 6. The van der Waals surface area contributed by atoms with Crippen molar-refractivity contribution in [2.75, 3.05) is 26.0 Å². The van der Waals surface area contributed by atoms with Crippen molar-refractivity contribution in [3.63, 3.8) is 0 Å². The van der Waals surface area contributed by atoms with Gasteiger partial charge in [-0.3, -0.25) is 14.4 Å². The van der Waals surface area contributed by atoms with E-state index < -0.39 is 17.1 Å². The summed E-state index contributed by atoms with van der Waals surface area (Å²) in [6, 6.07) is 9.52. The Bertz CT molecular complexity index is 1760. The molecule has 10 nitrogen and oxygen atoms in total. The second kappa shape index (κ2) is 12.4. The van der Waals surface area contributed by atoms with Crippen molar-refractivity contribution in [2.45, 2.75) is 83.8 Å². The Balaban J connectivity index is 1.20. The first kappa shape index (κ1) is 34.0. The normalized spacial score (nSPS) is 34.4. The number of thioether (sulfide) groups is 1. The van der Waals surface area contributed by atoms with Gasteiger partial charge < -0.3 is 19.9 Å². The summed E-state index contributed by atoms with van der Waals surface area (Å²) in [6.07, 6.45) is 8.86. The number of hydrogen-bond acceptors (Lipinski definition) is 9. The molecule has 260 valence electrons. The number of nitriles is 1. The highest BCUT2D eigenvalue weighted by atomic mass is 32.2. The molecule has 0 bridgehead atoms. The van der Waals surface area contributed by atoms with Crippen LogP contribution in [0.4, 0.5) is 0 Å². The van der Waals surface area contributed by atoms with E-state index in [0.717, 1.165) is 60.8 Å². The molecule has 11 heteroatoms. The summed E-state index contributed by atoms with van der Waals surface area (Å²) in [5.41, 5.74) is 1.95. The van der Waals surface area contributed by atoms with Crippen molar-refractivity contribution in [3.8, 4) is 11.8 Å². The fourth-order valence-electron chi connectivity index (χ4n) is 10.6. The number of allylic oxidation sites excluding steroid dienone is 1. The van der Waals surface area contributed by atoms with E-state index in [1.54, 1.807) is 13.2 Å². The van der Waals surface area contributed by atoms with Crippen LogP contribution in [0.15, 0.2) is 36.0 Å². The Kier molecular flexibility index (Phi) is 8.60. The zero-order valence-electron chi connectivity index (χ0n) is 28.8. The van der Waals surface area contributed by atoms with Gasteiger partial charge in [0, 0.05) is 24.6 Å². The lowest BCUT2D eigenvalue weighted by Crippen LogP contribution is -2.66. The highest BCUT2D eigenvalue weighted by Crippen LogP contribution is 2.73. The quantitative estimate of drug-likeness (QED) is 0.267. The molecule has 5 aliphatic rings. The predicted molar refractivity (Wildman–Crippen MR) is 184 cm³/mol. The van der Waals surface area contributed by atoms with Gasteiger partial charge in [-0.1, -0.05) is 44.2 Å². The molecule has 1 amide bonds. The van der Waals surface area contributed by atoms with Gasteiger partial charge in [0.1, 0.15) is 0 Å². The molecule has 2 aromatic rings. The van der Waals surface area contributed by atoms with Gasteiger partial charge in [-0.2, -0.15) is 10.4 Å². The number of aromatic nitrogens is 2. The highest BCUT2D eigenvalue weighted by Gasteiger charge is 2.74. The number of nitrogens with zero attached hydrogens (tertiary/aromatic N) is 3. The predicted octanol–water partition coefficient (Wildman–Crippen LogP) is 5.27. The van der Waals surface area contributed by atoms with Crippen LogP contribution < -0.4 is 5.32 Å². The van der Waals surface area contributed by atoms with E-state index in [9.17, 15) is 24.8 Å². The highest BCUT2D eigenvalue weighted by molar-refractivity contribution is 8.14. The number of hydrogen-bond donors (Lipinski definition) is 2. The van der Waals surface area contributed by atoms with Crippen LogP contribution in [0.3, 0.4) is 0 Å². The van der Waals surface area contributed by atoms with Crippen LogP contribution in [0.25, 0.3) is 11.8 Å². The maximum absolute atomic E-state index is 14.0. The van der Waals surface area contributed by atoms with E-state index in [-0.39, 0.29) is 51.3 Å². The molecule has 2 N–H and O–H groups in total. The molecule has 0 unspecified atom stereocenters. The van der Waals surface area contributed by atoms with Crippen molar-refractivity contribution < 1.29 is 29.0 Å². The lowest BCUT2D eigenvalue weighted by molar-refractivity contribution is -0.214. The first-order chi connectivity index (χ1) is 23.4. The molecule has 4 fully saturated rings. The third-order valence-electron chi connectivity index (χ3n) is 12.8. The summed E-state index contributed by atoms with van der Waals surface area (Å²) in [5, 5.41) is 29.0. The number of ether oxygens (including phenoxy) is 2. The van der Waals surface area contributed by atoms with Crippen molar-refractivity contribution in [2.24, 2.45) is 34.0 Å². The van der Waals surface area contributed by atoms with Gasteiger partial charge in [0.25, 0.3) is 5.91 Å². The molecular formula is C38H46N4O6S. The van der Waals surface area contributed by atoms with Crippen molar-refractivity contribution in [1.82, 2.24) is 15.1 Å².